The first-order chi connectivity index (χ1) is 5.54. The molecule has 0 amide bonds. The van der Waals surface area contributed by atoms with Gasteiger partial charge in [0, 0.05) is 13.3 Å². The first kappa shape index (κ1) is 10.6. The minimum absolute atomic E-state index is 0.111. The van der Waals surface area contributed by atoms with Gasteiger partial charge in [0.25, 0.3) is 6.43 Å². The zero-order chi connectivity index (χ0) is 9.30. The van der Waals surface area contributed by atoms with Crippen molar-refractivity contribution in [2.45, 2.75) is 13.3 Å². The van der Waals surface area contributed by atoms with Gasteiger partial charge in [0.15, 0.2) is 0 Å². The highest BCUT2D eigenvalue weighted by molar-refractivity contribution is 14.1. The quantitative estimate of drug-likeness (QED) is 0.664. The fourth-order valence-electron chi connectivity index (χ4n) is 0.791. The van der Waals surface area contributed by atoms with Crippen molar-refractivity contribution in [3.8, 4) is 0 Å². The Bertz CT molecular complexity index is 302. The molecule has 0 spiro atoms. The minimum atomic E-state index is -2.48. The summed E-state index contributed by atoms with van der Waals surface area (Å²) in [4.78, 5) is 3.68. The average molecular weight is 395 g/mol. The third kappa shape index (κ3) is 2.04. The second kappa shape index (κ2) is 4.12. The molecule has 1 nitrogen and oxygen atoms in total. The van der Waals surface area contributed by atoms with Crippen LogP contribution in [0.2, 0.25) is 0 Å². The summed E-state index contributed by atoms with van der Waals surface area (Å²) in [6, 6.07) is 0. The van der Waals surface area contributed by atoms with Crippen LogP contribution in [0.3, 0.4) is 0 Å². The normalized spacial score (nSPS) is 10.8. The Morgan fingerprint density at radius 1 is 1.42 bits per heavy atom. The lowest BCUT2D eigenvalue weighted by Crippen LogP contribution is -1.98. The van der Waals surface area contributed by atoms with E-state index in [1.54, 1.807) is 6.92 Å². The summed E-state index contributed by atoms with van der Waals surface area (Å²) in [6.45, 7) is 1.67. The lowest BCUT2D eigenvalue weighted by atomic mass is 10.2. The van der Waals surface area contributed by atoms with Crippen molar-refractivity contribution in [2.75, 3.05) is 0 Å². The number of alkyl halides is 2. The van der Waals surface area contributed by atoms with Crippen molar-refractivity contribution >= 4 is 45.2 Å². The maximum absolute atomic E-state index is 12.3. The van der Waals surface area contributed by atoms with Crippen molar-refractivity contribution in [1.82, 2.24) is 4.98 Å². The molecule has 1 rings (SSSR count). The largest absolute Gasteiger partial charge is 0.280 e. The number of nitrogens with zero attached hydrogens (tertiary/aromatic N) is 1. The van der Waals surface area contributed by atoms with Crippen LogP contribution in [-0.2, 0) is 0 Å². The molecule has 0 N–H and O–H groups in total. The van der Waals surface area contributed by atoms with Gasteiger partial charge >= 0.3 is 0 Å². The second-order valence-corrected chi connectivity index (χ2v) is 4.47. The summed E-state index contributed by atoms with van der Waals surface area (Å²) < 4.78 is 26.3. The van der Waals surface area contributed by atoms with E-state index in [1.807, 2.05) is 22.6 Å². The van der Waals surface area contributed by atoms with Gasteiger partial charge in [0.05, 0.1) is 0 Å². The molecule has 12 heavy (non-hydrogen) atoms. The average Bonchev–Trinajstić information content (AvgIpc) is 2.00. The van der Waals surface area contributed by atoms with Crippen LogP contribution < -0.4 is 0 Å². The van der Waals surface area contributed by atoms with Crippen molar-refractivity contribution in [2.24, 2.45) is 0 Å². The highest BCUT2D eigenvalue weighted by Gasteiger charge is 2.15. The molecule has 0 fully saturated rings. The van der Waals surface area contributed by atoms with Gasteiger partial charge in [-0.05, 0) is 57.7 Å². The van der Waals surface area contributed by atoms with Gasteiger partial charge in [-0.1, -0.05) is 0 Å². The second-order valence-electron chi connectivity index (χ2n) is 2.23. The Morgan fingerprint density at radius 2 is 2.00 bits per heavy atom. The number of halogens is 4. The van der Waals surface area contributed by atoms with Crippen molar-refractivity contribution in [3.63, 3.8) is 0 Å². The number of hydrogen-bond donors (Lipinski definition) is 0. The fourth-order valence-corrected chi connectivity index (χ4v) is 1.75. The van der Waals surface area contributed by atoms with Crippen LogP contribution in [0, 0.1) is 14.1 Å². The van der Waals surface area contributed by atoms with Crippen molar-refractivity contribution in [3.05, 3.63) is 24.6 Å². The Labute approximate surface area is 96.2 Å². The van der Waals surface area contributed by atoms with E-state index in [2.05, 4.69) is 27.6 Å². The molecular weight excluding hydrogens is 390 g/mol. The molecule has 1 aromatic rings. The molecule has 0 saturated carbocycles. The van der Waals surface area contributed by atoms with Gasteiger partial charge in [0.1, 0.15) is 5.69 Å². The summed E-state index contributed by atoms with van der Waals surface area (Å²) in [6.07, 6.45) is -1.01. The highest BCUT2D eigenvalue weighted by Crippen LogP contribution is 2.26. The van der Waals surface area contributed by atoms with Crippen LogP contribution in [0.25, 0.3) is 0 Å². The molecule has 0 atom stereocenters. The van der Waals surface area contributed by atoms with Gasteiger partial charge in [0.2, 0.25) is 0 Å². The number of rotatable bonds is 1. The predicted molar refractivity (Wildman–Crippen MR) is 59.4 cm³/mol. The maximum atomic E-state index is 12.3. The van der Waals surface area contributed by atoms with Crippen LogP contribution >= 0.6 is 45.2 Å². The summed E-state index contributed by atoms with van der Waals surface area (Å²) in [5.74, 6) is 0. The van der Waals surface area contributed by atoms with Crippen LogP contribution in [-0.4, -0.2) is 4.98 Å². The maximum Gasteiger partial charge on any atom is 0.280 e. The Balaban J connectivity index is 3.27. The third-order valence-electron chi connectivity index (χ3n) is 1.45. The van der Waals surface area contributed by atoms with Gasteiger partial charge in [-0.15, -0.1) is 0 Å². The Kier molecular flexibility index (Phi) is 3.62. The molecule has 66 valence electrons. The van der Waals surface area contributed by atoms with E-state index in [1.165, 1.54) is 6.20 Å². The summed E-state index contributed by atoms with van der Waals surface area (Å²) in [5.41, 5.74) is 0.470. The van der Waals surface area contributed by atoms with Gasteiger partial charge in [-0.2, -0.15) is 0 Å². The molecule has 0 bridgehead atoms. The van der Waals surface area contributed by atoms with E-state index >= 15 is 0 Å². The molecule has 5 heteroatoms. The van der Waals surface area contributed by atoms with Crippen LogP contribution in [0.4, 0.5) is 8.78 Å². The van der Waals surface area contributed by atoms with E-state index in [4.69, 9.17) is 0 Å². The summed E-state index contributed by atoms with van der Waals surface area (Å²) >= 11 is 4.12. The zero-order valence-electron chi connectivity index (χ0n) is 6.11. The molecule has 0 aliphatic carbocycles. The number of aromatic nitrogens is 1. The van der Waals surface area contributed by atoms with Crippen LogP contribution in [0.15, 0.2) is 6.20 Å². The molecule has 1 heterocycles. The van der Waals surface area contributed by atoms with E-state index in [0.717, 1.165) is 7.14 Å². The van der Waals surface area contributed by atoms with Gasteiger partial charge in [-0.25, -0.2) is 8.78 Å². The molecule has 0 aliphatic rings. The van der Waals surface area contributed by atoms with E-state index in [0.29, 0.717) is 5.56 Å². The van der Waals surface area contributed by atoms with Crippen LogP contribution in [0.1, 0.15) is 17.7 Å². The number of pyridine rings is 1. The molecule has 0 aliphatic heterocycles. The molecular formula is C7H5F2I2N. The molecule has 0 radical (unpaired) electrons. The molecule has 0 aromatic carbocycles. The summed E-state index contributed by atoms with van der Waals surface area (Å²) in [7, 11) is 0. The topological polar surface area (TPSA) is 12.9 Å². The first-order valence-electron chi connectivity index (χ1n) is 3.12. The SMILES string of the molecule is Cc1c(C(F)F)ncc(I)c1I. The smallest absolute Gasteiger partial charge is 0.254 e. The lowest BCUT2D eigenvalue weighted by Gasteiger charge is -2.06. The highest BCUT2D eigenvalue weighted by atomic mass is 127. The van der Waals surface area contributed by atoms with E-state index < -0.39 is 6.43 Å². The molecule has 0 saturated heterocycles. The summed E-state index contributed by atoms with van der Waals surface area (Å²) in [5, 5.41) is 0. The van der Waals surface area contributed by atoms with Crippen LogP contribution in [0.5, 0.6) is 0 Å². The lowest BCUT2D eigenvalue weighted by molar-refractivity contribution is 0.145. The number of hydrogen-bond acceptors (Lipinski definition) is 1. The third-order valence-corrected chi connectivity index (χ3v) is 4.69. The van der Waals surface area contributed by atoms with Crippen molar-refractivity contribution < 1.29 is 8.78 Å². The first-order valence-corrected chi connectivity index (χ1v) is 5.28. The zero-order valence-corrected chi connectivity index (χ0v) is 10.4. The van der Waals surface area contributed by atoms with E-state index in [9.17, 15) is 8.78 Å². The van der Waals surface area contributed by atoms with Gasteiger partial charge < -0.3 is 0 Å². The molecule has 0 unspecified atom stereocenters. The fraction of sp³-hybridized carbons (Fsp3) is 0.286. The van der Waals surface area contributed by atoms with E-state index in [-0.39, 0.29) is 5.69 Å². The monoisotopic (exact) mass is 395 g/mol. The molecule has 1 aromatic heterocycles. The van der Waals surface area contributed by atoms with Crippen molar-refractivity contribution in [1.29, 1.82) is 0 Å². The standard InChI is InChI=1S/C7H5F2I2N/c1-3-5(11)4(10)2-12-6(3)7(8)9/h2,7H,1H3. The minimum Gasteiger partial charge on any atom is -0.254 e. The Morgan fingerprint density at radius 3 is 2.50 bits per heavy atom. The van der Waals surface area contributed by atoms with Gasteiger partial charge in [-0.3, -0.25) is 4.98 Å². The predicted octanol–water partition coefficient (Wildman–Crippen LogP) is 3.54. The Hall–Kier alpha value is 0.470.